The van der Waals surface area contributed by atoms with Gasteiger partial charge in [-0.15, -0.1) is 0 Å². The highest BCUT2D eigenvalue weighted by molar-refractivity contribution is 7.80. The highest BCUT2D eigenvalue weighted by Crippen LogP contribution is 2.24. The summed E-state index contributed by atoms with van der Waals surface area (Å²) in [6, 6.07) is 8.22. The van der Waals surface area contributed by atoms with Crippen LogP contribution in [0.2, 0.25) is 0 Å². The molecule has 6 heteroatoms. The Bertz CT molecular complexity index is 561. The van der Waals surface area contributed by atoms with Crippen molar-refractivity contribution in [1.29, 1.82) is 0 Å². The summed E-state index contributed by atoms with van der Waals surface area (Å²) in [4.78, 5) is 11.8. The summed E-state index contributed by atoms with van der Waals surface area (Å²) >= 11 is 5.16. The summed E-state index contributed by atoms with van der Waals surface area (Å²) in [5.74, 6) is 0.398. The monoisotopic (exact) mass is 349 g/mol. The van der Waals surface area contributed by atoms with Crippen LogP contribution in [0.4, 0.5) is 0 Å². The Hall–Kier alpha value is -1.82. The molecule has 0 aromatic heterocycles. The second-order valence-electron chi connectivity index (χ2n) is 7.19. The van der Waals surface area contributed by atoms with Gasteiger partial charge in [-0.05, 0) is 48.2 Å². The summed E-state index contributed by atoms with van der Waals surface area (Å²) in [5.41, 5.74) is 6.59. The molecule has 0 bridgehead atoms. The van der Waals surface area contributed by atoms with E-state index < -0.39 is 0 Å². The lowest BCUT2D eigenvalue weighted by atomic mass is 9.87. The molecule has 1 fully saturated rings. The second-order valence-corrected chi connectivity index (χ2v) is 7.60. The molecule has 0 radical (unpaired) electrons. The van der Waals surface area contributed by atoms with Gasteiger partial charge in [0.1, 0.15) is 5.75 Å². The van der Waals surface area contributed by atoms with Crippen molar-refractivity contribution in [3.05, 3.63) is 29.8 Å². The smallest absolute Gasteiger partial charge is 0.276 e. The van der Waals surface area contributed by atoms with Gasteiger partial charge in [0, 0.05) is 6.04 Å². The van der Waals surface area contributed by atoms with Crippen LogP contribution in [0.1, 0.15) is 52.0 Å². The van der Waals surface area contributed by atoms with Crippen LogP contribution < -0.4 is 20.9 Å². The molecule has 0 unspecified atom stereocenters. The van der Waals surface area contributed by atoms with Gasteiger partial charge in [0.25, 0.3) is 5.91 Å². The Morgan fingerprint density at radius 2 is 1.79 bits per heavy atom. The largest absolute Gasteiger partial charge is 0.484 e. The number of ether oxygens (including phenoxy) is 1. The van der Waals surface area contributed by atoms with Crippen molar-refractivity contribution >= 4 is 23.2 Å². The molecule has 1 aromatic rings. The molecule has 1 aliphatic rings. The Labute approximate surface area is 149 Å². The maximum atomic E-state index is 11.8. The summed E-state index contributed by atoms with van der Waals surface area (Å²) in [6.45, 7) is 6.41. The average Bonchev–Trinajstić information content (AvgIpc) is 3.03. The maximum Gasteiger partial charge on any atom is 0.276 e. The Morgan fingerprint density at radius 1 is 1.17 bits per heavy atom. The Morgan fingerprint density at radius 3 is 2.38 bits per heavy atom. The molecule has 1 amide bonds. The second kappa shape index (κ2) is 8.33. The van der Waals surface area contributed by atoms with Crippen molar-refractivity contribution in [2.45, 2.75) is 57.9 Å². The molecule has 1 aliphatic carbocycles. The first-order valence-corrected chi connectivity index (χ1v) is 8.84. The molecule has 5 nitrogen and oxygen atoms in total. The average molecular weight is 350 g/mol. The SMILES string of the molecule is CC(C)(C)c1ccc(OCC(=O)NNC(=S)NC2CCCC2)cc1. The minimum atomic E-state index is -0.273. The van der Waals surface area contributed by atoms with Gasteiger partial charge in [0.05, 0.1) is 0 Å². The zero-order chi connectivity index (χ0) is 17.6. The lowest BCUT2D eigenvalue weighted by molar-refractivity contribution is -0.123. The van der Waals surface area contributed by atoms with Gasteiger partial charge in [-0.2, -0.15) is 0 Å². The summed E-state index contributed by atoms with van der Waals surface area (Å²) in [7, 11) is 0. The van der Waals surface area contributed by atoms with Crippen molar-refractivity contribution in [2.24, 2.45) is 0 Å². The molecule has 3 N–H and O–H groups in total. The zero-order valence-electron chi connectivity index (χ0n) is 14.6. The first-order chi connectivity index (χ1) is 11.3. The number of benzene rings is 1. The number of thiocarbonyl (C=S) groups is 1. The highest BCUT2D eigenvalue weighted by Gasteiger charge is 2.16. The molecule has 0 saturated heterocycles. The molecule has 132 valence electrons. The van der Waals surface area contributed by atoms with Gasteiger partial charge in [0.2, 0.25) is 0 Å². The van der Waals surface area contributed by atoms with Crippen LogP contribution in [-0.4, -0.2) is 23.7 Å². The van der Waals surface area contributed by atoms with Crippen molar-refractivity contribution in [1.82, 2.24) is 16.2 Å². The van der Waals surface area contributed by atoms with Gasteiger partial charge in [-0.25, -0.2) is 0 Å². The van der Waals surface area contributed by atoms with E-state index in [9.17, 15) is 4.79 Å². The number of nitrogens with one attached hydrogen (secondary N) is 3. The van der Waals surface area contributed by atoms with Crippen molar-refractivity contribution in [3.8, 4) is 5.75 Å². The molecule has 0 spiro atoms. The van der Waals surface area contributed by atoms with Gasteiger partial charge in [-0.1, -0.05) is 45.7 Å². The van der Waals surface area contributed by atoms with E-state index in [0.29, 0.717) is 16.9 Å². The van der Waals surface area contributed by atoms with Gasteiger partial charge >= 0.3 is 0 Å². The van der Waals surface area contributed by atoms with Crippen molar-refractivity contribution in [3.63, 3.8) is 0 Å². The van der Waals surface area contributed by atoms with E-state index in [0.717, 1.165) is 12.8 Å². The molecule has 24 heavy (non-hydrogen) atoms. The summed E-state index contributed by atoms with van der Waals surface area (Å²) in [6.07, 6.45) is 4.72. The minimum absolute atomic E-state index is 0.0616. The normalized spacial score (nSPS) is 15.0. The third-order valence-electron chi connectivity index (χ3n) is 4.10. The molecule has 0 heterocycles. The molecular formula is C18H27N3O2S. The number of rotatable bonds is 4. The van der Waals surface area contributed by atoms with Crippen LogP contribution >= 0.6 is 12.2 Å². The minimum Gasteiger partial charge on any atom is -0.484 e. The van der Waals surface area contributed by atoms with E-state index >= 15 is 0 Å². The van der Waals surface area contributed by atoms with E-state index in [1.54, 1.807) is 0 Å². The van der Waals surface area contributed by atoms with Gasteiger partial charge in [0.15, 0.2) is 11.7 Å². The lowest BCUT2D eigenvalue weighted by Gasteiger charge is -2.19. The van der Waals surface area contributed by atoms with Crippen molar-refractivity contribution in [2.75, 3.05) is 6.61 Å². The van der Waals surface area contributed by atoms with E-state index in [-0.39, 0.29) is 17.9 Å². The van der Waals surface area contributed by atoms with Gasteiger partial charge < -0.3 is 10.1 Å². The number of hydrazine groups is 1. The van der Waals surface area contributed by atoms with Crippen LogP contribution in [0.25, 0.3) is 0 Å². The standard InChI is InChI=1S/C18H27N3O2S/c1-18(2,3)13-8-10-15(11-9-13)23-12-16(22)20-21-17(24)19-14-6-4-5-7-14/h8-11,14H,4-7,12H2,1-3H3,(H,20,22)(H2,19,21,24). The molecule has 0 atom stereocenters. The highest BCUT2D eigenvalue weighted by atomic mass is 32.1. The fourth-order valence-corrected chi connectivity index (χ4v) is 2.87. The van der Waals surface area contributed by atoms with E-state index in [4.69, 9.17) is 17.0 Å². The topological polar surface area (TPSA) is 62.4 Å². The third-order valence-corrected chi connectivity index (χ3v) is 4.32. The fraction of sp³-hybridized carbons (Fsp3) is 0.556. The number of hydrogen-bond acceptors (Lipinski definition) is 3. The van der Waals surface area contributed by atoms with Crippen LogP contribution in [0, 0.1) is 0 Å². The fourth-order valence-electron chi connectivity index (χ4n) is 2.65. The first-order valence-electron chi connectivity index (χ1n) is 8.43. The van der Waals surface area contributed by atoms with Crippen LogP contribution in [0.15, 0.2) is 24.3 Å². The zero-order valence-corrected chi connectivity index (χ0v) is 15.5. The number of carbonyl (C=O) groups is 1. The first kappa shape index (κ1) is 18.5. The number of amides is 1. The molecule has 0 aliphatic heterocycles. The lowest BCUT2D eigenvalue weighted by Crippen LogP contribution is -2.50. The Kier molecular flexibility index (Phi) is 6.43. The van der Waals surface area contributed by atoms with Gasteiger partial charge in [-0.3, -0.25) is 15.6 Å². The predicted molar refractivity (Wildman–Crippen MR) is 99.9 cm³/mol. The number of carbonyl (C=O) groups excluding carboxylic acids is 1. The van der Waals surface area contributed by atoms with Crippen LogP contribution in [0.5, 0.6) is 5.75 Å². The summed E-state index contributed by atoms with van der Waals surface area (Å²) in [5, 5.41) is 3.64. The quantitative estimate of drug-likeness (QED) is 0.576. The summed E-state index contributed by atoms with van der Waals surface area (Å²) < 4.78 is 5.49. The van der Waals surface area contributed by atoms with Crippen LogP contribution in [0.3, 0.4) is 0 Å². The Balaban J connectivity index is 1.68. The van der Waals surface area contributed by atoms with Crippen LogP contribution in [-0.2, 0) is 10.2 Å². The van der Waals surface area contributed by atoms with E-state index in [1.165, 1.54) is 18.4 Å². The predicted octanol–water partition coefficient (Wildman–Crippen LogP) is 2.80. The molecule has 1 aromatic carbocycles. The van der Waals surface area contributed by atoms with E-state index in [1.807, 2.05) is 24.3 Å². The third kappa shape index (κ3) is 6.00. The van der Waals surface area contributed by atoms with E-state index in [2.05, 4.69) is 36.9 Å². The molecule has 1 saturated carbocycles. The maximum absolute atomic E-state index is 11.8. The number of hydrogen-bond donors (Lipinski definition) is 3. The van der Waals surface area contributed by atoms with Crippen molar-refractivity contribution < 1.29 is 9.53 Å². The molecular weight excluding hydrogens is 322 g/mol. The molecule has 2 rings (SSSR count).